The van der Waals surface area contributed by atoms with E-state index in [1.165, 1.54) is 16.8 Å². The van der Waals surface area contributed by atoms with Crippen molar-refractivity contribution in [3.8, 4) is 0 Å². The molecular weight excluding hydrogens is 328 g/mol. The number of thioether (sulfide) groups is 1. The number of nitrogens with zero attached hydrogens (tertiary/aromatic N) is 2. The SMILES string of the molecule is O=C1CC(=O)NC(=NN2C(=O)CSC2c2ccc(Cl)cc2)N1. The van der Waals surface area contributed by atoms with Crippen LogP contribution in [0.2, 0.25) is 5.02 Å². The van der Waals surface area contributed by atoms with Gasteiger partial charge in [-0.2, -0.15) is 0 Å². The van der Waals surface area contributed by atoms with Gasteiger partial charge in [-0.25, -0.2) is 5.01 Å². The standard InChI is InChI=1S/C13H11ClN4O3S/c14-8-3-1-7(2-4-8)12-18(11(21)6-22-12)17-13-15-9(19)5-10(20)16-13/h1-4,12H,5-6H2,(H2,15,16,17,19,20). The van der Waals surface area contributed by atoms with Crippen LogP contribution >= 0.6 is 23.4 Å². The topological polar surface area (TPSA) is 90.9 Å². The fourth-order valence-corrected chi connectivity index (χ4v) is 3.29. The zero-order chi connectivity index (χ0) is 15.7. The third-order valence-electron chi connectivity index (χ3n) is 3.04. The summed E-state index contributed by atoms with van der Waals surface area (Å²) in [4.78, 5) is 34.7. The normalized spacial score (nSPS) is 21.7. The van der Waals surface area contributed by atoms with Gasteiger partial charge in [0.15, 0.2) is 0 Å². The fraction of sp³-hybridized carbons (Fsp3) is 0.231. The van der Waals surface area contributed by atoms with E-state index >= 15 is 0 Å². The third-order valence-corrected chi connectivity index (χ3v) is 4.50. The van der Waals surface area contributed by atoms with Crippen LogP contribution in [0.15, 0.2) is 29.4 Å². The molecule has 0 aliphatic carbocycles. The Hall–Kier alpha value is -2.06. The number of benzene rings is 1. The second-order valence-corrected chi connectivity index (χ2v) is 6.18. The van der Waals surface area contributed by atoms with E-state index in [9.17, 15) is 14.4 Å². The van der Waals surface area contributed by atoms with Gasteiger partial charge in [-0.1, -0.05) is 23.7 Å². The lowest BCUT2D eigenvalue weighted by Crippen LogP contribution is -2.51. The van der Waals surface area contributed by atoms with Crippen LogP contribution in [0.5, 0.6) is 0 Å². The molecule has 22 heavy (non-hydrogen) atoms. The Morgan fingerprint density at radius 1 is 1.14 bits per heavy atom. The Bertz CT molecular complexity index is 658. The zero-order valence-corrected chi connectivity index (χ0v) is 12.8. The Labute approximate surface area is 135 Å². The van der Waals surface area contributed by atoms with Crippen LogP contribution in [0.3, 0.4) is 0 Å². The molecule has 9 heteroatoms. The maximum absolute atomic E-state index is 12.0. The predicted molar refractivity (Wildman–Crippen MR) is 81.8 cm³/mol. The minimum Gasteiger partial charge on any atom is -0.294 e. The van der Waals surface area contributed by atoms with Crippen molar-refractivity contribution in [3.05, 3.63) is 34.9 Å². The molecule has 0 radical (unpaired) electrons. The monoisotopic (exact) mass is 338 g/mol. The first-order valence-corrected chi connectivity index (χ1v) is 7.83. The molecule has 3 rings (SSSR count). The number of nitrogens with one attached hydrogen (secondary N) is 2. The maximum Gasteiger partial charge on any atom is 0.254 e. The highest BCUT2D eigenvalue weighted by Crippen LogP contribution is 2.39. The first kappa shape index (κ1) is 14.9. The average molecular weight is 339 g/mol. The minimum absolute atomic E-state index is 0.0314. The van der Waals surface area contributed by atoms with Gasteiger partial charge in [-0.3, -0.25) is 25.0 Å². The molecule has 1 aromatic carbocycles. The smallest absolute Gasteiger partial charge is 0.254 e. The van der Waals surface area contributed by atoms with Crippen LogP contribution in [0, 0.1) is 0 Å². The van der Waals surface area contributed by atoms with E-state index < -0.39 is 11.8 Å². The van der Waals surface area contributed by atoms with Crippen molar-refractivity contribution in [2.24, 2.45) is 5.10 Å². The number of hydrogen-bond donors (Lipinski definition) is 2. The van der Waals surface area contributed by atoms with Crippen LogP contribution < -0.4 is 10.6 Å². The molecule has 2 aliphatic rings. The third kappa shape index (κ3) is 3.07. The Balaban J connectivity index is 1.86. The minimum atomic E-state index is -0.454. The summed E-state index contributed by atoms with van der Waals surface area (Å²) >= 11 is 7.27. The quantitative estimate of drug-likeness (QED) is 0.781. The molecule has 1 atom stereocenters. The molecule has 1 unspecified atom stereocenters. The molecular formula is C13H11ClN4O3S. The number of guanidine groups is 1. The van der Waals surface area contributed by atoms with Crippen molar-refractivity contribution in [3.63, 3.8) is 0 Å². The average Bonchev–Trinajstić information content (AvgIpc) is 2.80. The Morgan fingerprint density at radius 3 is 2.41 bits per heavy atom. The first-order valence-electron chi connectivity index (χ1n) is 6.40. The van der Waals surface area contributed by atoms with E-state index in [0.29, 0.717) is 5.02 Å². The number of hydrogen-bond acceptors (Lipinski definition) is 5. The van der Waals surface area contributed by atoms with Crippen LogP contribution in [-0.2, 0) is 14.4 Å². The molecule has 2 aliphatic heterocycles. The summed E-state index contributed by atoms with van der Waals surface area (Å²) < 4.78 is 0. The van der Waals surface area contributed by atoms with Gasteiger partial charge in [0.25, 0.3) is 5.91 Å². The summed E-state index contributed by atoms with van der Waals surface area (Å²) in [6, 6.07) is 7.08. The van der Waals surface area contributed by atoms with Crippen molar-refractivity contribution in [2.75, 3.05) is 5.75 Å². The number of halogens is 1. The second kappa shape index (κ2) is 5.98. The van der Waals surface area contributed by atoms with E-state index in [1.807, 2.05) is 12.1 Å². The van der Waals surface area contributed by atoms with Gasteiger partial charge in [0.1, 0.15) is 11.8 Å². The van der Waals surface area contributed by atoms with Gasteiger partial charge in [0, 0.05) is 5.02 Å². The molecule has 7 nitrogen and oxygen atoms in total. The molecule has 0 aromatic heterocycles. The molecule has 3 amide bonds. The molecule has 0 bridgehead atoms. The zero-order valence-electron chi connectivity index (χ0n) is 11.2. The summed E-state index contributed by atoms with van der Waals surface area (Å²) in [6.45, 7) is 0. The molecule has 0 saturated carbocycles. The van der Waals surface area contributed by atoms with Crippen LogP contribution in [-0.4, -0.2) is 34.4 Å². The lowest BCUT2D eigenvalue weighted by molar-refractivity contribution is -0.131. The van der Waals surface area contributed by atoms with Crippen LogP contribution in [0.1, 0.15) is 17.4 Å². The van der Waals surface area contributed by atoms with E-state index in [2.05, 4.69) is 15.7 Å². The highest BCUT2D eigenvalue weighted by molar-refractivity contribution is 8.00. The van der Waals surface area contributed by atoms with Crippen molar-refractivity contribution in [1.82, 2.24) is 15.6 Å². The summed E-state index contributed by atoms with van der Waals surface area (Å²) in [5.74, 6) is -0.872. The lowest BCUT2D eigenvalue weighted by Gasteiger charge is -2.22. The van der Waals surface area contributed by atoms with Crippen molar-refractivity contribution in [1.29, 1.82) is 0 Å². The number of hydrazone groups is 1. The summed E-state index contributed by atoms with van der Waals surface area (Å²) in [5.41, 5.74) is 0.859. The highest BCUT2D eigenvalue weighted by atomic mass is 35.5. The van der Waals surface area contributed by atoms with Gasteiger partial charge in [-0.15, -0.1) is 16.9 Å². The van der Waals surface area contributed by atoms with E-state index in [0.717, 1.165) is 5.56 Å². The summed E-state index contributed by atoms with van der Waals surface area (Å²) in [6.07, 6.45) is -0.248. The van der Waals surface area contributed by atoms with Gasteiger partial charge in [0.2, 0.25) is 17.8 Å². The summed E-state index contributed by atoms with van der Waals surface area (Å²) in [5, 5.41) is 10.5. The number of amides is 3. The van der Waals surface area contributed by atoms with Gasteiger partial charge in [0.05, 0.1) is 5.75 Å². The van der Waals surface area contributed by atoms with Gasteiger partial charge in [-0.05, 0) is 17.7 Å². The van der Waals surface area contributed by atoms with E-state index in [1.54, 1.807) is 12.1 Å². The number of carbonyl (C=O) groups excluding carboxylic acids is 3. The molecule has 114 valence electrons. The van der Waals surface area contributed by atoms with Crippen molar-refractivity contribution < 1.29 is 14.4 Å². The molecule has 0 spiro atoms. The van der Waals surface area contributed by atoms with Crippen molar-refractivity contribution >= 4 is 47.0 Å². The van der Waals surface area contributed by atoms with E-state index in [4.69, 9.17) is 11.6 Å². The molecule has 2 saturated heterocycles. The number of rotatable bonds is 2. The predicted octanol–water partition coefficient (Wildman–Crippen LogP) is 0.821. The molecule has 1 aromatic rings. The van der Waals surface area contributed by atoms with Gasteiger partial charge >= 0.3 is 0 Å². The van der Waals surface area contributed by atoms with E-state index in [-0.39, 0.29) is 29.4 Å². The maximum atomic E-state index is 12.0. The lowest BCUT2D eigenvalue weighted by atomic mass is 10.2. The molecule has 2 heterocycles. The Morgan fingerprint density at radius 2 is 1.77 bits per heavy atom. The molecule has 2 fully saturated rings. The highest BCUT2D eigenvalue weighted by Gasteiger charge is 2.34. The van der Waals surface area contributed by atoms with Crippen LogP contribution in [0.25, 0.3) is 0 Å². The largest absolute Gasteiger partial charge is 0.294 e. The molecule has 2 N–H and O–H groups in total. The first-order chi connectivity index (χ1) is 10.5. The summed E-state index contributed by atoms with van der Waals surface area (Å²) in [7, 11) is 0. The van der Waals surface area contributed by atoms with Crippen LogP contribution in [0.4, 0.5) is 0 Å². The fourth-order valence-electron chi connectivity index (χ4n) is 2.08. The number of carbonyl (C=O) groups is 3. The van der Waals surface area contributed by atoms with Gasteiger partial charge < -0.3 is 0 Å². The van der Waals surface area contributed by atoms with Crippen molar-refractivity contribution in [2.45, 2.75) is 11.8 Å². The second-order valence-electron chi connectivity index (χ2n) is 4.67. The Kier molecular flexibility index (Phi) is 4.04.